The molecule has 1 heteroatoms. The van der Waals surface area contributed by atoms with Gasteiger partial charge in [-0.05, 0) is 134 Å². The van der Waals surface area contributed by atoms with Crippen LogP contribution in [0.3, 0.4) is 0 Å². The maximum Gasteiger partial charge on any atom is 0.143 e. The monoisotopic (exact) mass is 710 g/mol. The van der Waals surface area contributed by atoms with Gasteiger partial charge in [0.2, 0.25) is 0 Å². The molecule has 0 aliphatic rings. The molecule has 56 heavy (non-hydrogen) atoms. The first-order valence-corrected chi connectivity index (χ1v) is 19.4. The third-order valence-corrected chi connectivity index (χ3v) is 12.2. The van der Waals surface area contributed by atoms with Crippen LogP contribution in [0.5, 0.6) is 0 Å². The van der Waals surface area contributed by atoms with Gasteiger partial charge in [-0.3, -0.25) is 0 Å². The van der Waals surface area contributed by atoms with Gasteiger partial charge in [-0.25, -0.2) is 0 Å². The lowest BCUT2D eigenvalue weighted by Gasteiger charge is -2.19. The molecule has 11 aromatic carbocycles. The minimum absolute atomic E-state index is 0.791. The average Bonchev–Trinajstić information content (AvgIpc) is 3.90. The van der Waals surface area contributed by atoms with Gasteiger partial charge in [-0.2, -0.15) is 0 Å². The third kappa shape index (κ3) is 4.09. The predicted molar refractivity (Wildman–Crippen MR) is 242 cm³/mol. The zero-order valence-electron chi connectivity index (χ0n) is 30.9. The van der Waals surface area contributed by atoms with Crippen LogP contribution in [0.15, 0.2) is 175 Å². The summed E-state index contributed by atoms with van der Waals surface area (Å²) in [6.45, 7) is 6.13. The molecule has 0 amide bonds. The van der Waals surface area contributed by atoms with Crippen LogP contribution in [0, 0.1) is 0 Å². The fourth-order valence-corrected chi connectivity index (χ4v) is 10.1. The number of hydrogen-bond donors (Lipinski definition) is 0. The van der Waals surface area contributed by atoms with Gasteiger partial charge in [0.05, 0.1) is 0 Å². The van der Waals surface area contributed by atoms with Crippen molar-refractivity contribution in [3.8, 4) is 33.4 Å². The molecular weight excluding hydrogens is 677 g/mol. The van der Waals surface area contributed by atoms with Crippen molar-refractivity contribution in [3.63, 3.8) is 0 Å². The van der Waals surface area contributed by atoms with Gasteiger partial charge >= 0.3 is 0 Å². The average molecular weight is 711 g/mol. The van der Waals surface area contributed by atoms with E-state index in [4.69, 9.17) is 4.42 Å². The maximum atomic E-state index is 6.61. The van der Waals surface area contributed by atoms with Gasteiger partial charge in [-0.15, -0.1) is 0 Å². The van der Waals surface area contributed by atoms with Crippen molar-refractivity contribution in [1.82, 2.24) is 0 Å². The molecule has 0 aliphatic carbocycles. The van der Waals surface area contributed by atoms with E-state index in [-0.39, 0.29) is 0 Å². The predicted octanol–water partition coefficient (Wildman–Crippen LogP) is 16.1. The molecule has 0 atom stereocenters. The highest BCUT2D eigenvalue weighted by Gasteiger charge is 2.27. The second kappa shape index (κ2) is 11.6. The summed E-state index contributed by atoms with van der Waals surface area (Å²) in [6, 6.07) is 58.6. The Morgan fingerprint density at radius 2 is 1.04 bits per heavy atom. The molecule has 0 saturated carbocycles. The standard InChI is InChI=1S/C55H34O/c1-3-16-39-41-26-14-24-36(55(41)56-47(39)4-2)35-29-34-21-13-27-42-48(34)45(30-35)54-49(32-17-7-5-8-18-32)46-31-44-38-23-12-11-22-37(38)40-25-15-28-43(51(40)44)52(46)50(53(42)54)33-19-9-6-10-20-33/h3-31H,2H2,1H3/b16-3-. The van der Waals surface area contributed by atoms with E-state index in [1.54, 1.807) is 0 Å². The molecule has 0 spiro atoms. The van der Waals surface area contributed by atoms with Crippen molar-refractivity contribution in [1.29, 1.82) is 0 Å². The molecule has 1 nitrogen and oxygen atoms in total. The summed E-state index contributed by atoms with van der Waals surface area (Å²) < 4.78 is 6.61. The molecule has 0 aliphatic heterocycles. The topological polar surface area (TPSA) is 13.1 Å². The number of fused-ring (bicyclic) bond motifs is 9. The van der Waals surface area contributed by atoms with Gasteiger partial charge in [0.1, 0.15) is 11.3 Å². The Hall–Kier alpha value is -7.22. The summed E-state index contributed by atoms with van der Waals surface area (Å²) in [7, 11) is 0. The van der Waals surface area contributed by atoms with E-state index in [1.807, 2.05) is 13.0 Å². The Balaban J connectivity index is 1.35. The van der Waals surface area contributed by atoms with Crippen LogP contribution in [-0.4, -0.2) is 0 Å². The lowest BCUT2D eigenvalue weighted by molar-refractivity contribution is 0.604. The van der Waals surface area contributed by atoms with Crippen molar-refractivity contribution < 1.29 is 4.42 Å². The van der Waals surface area contributed by atoms with E-state index in [9.17, 15) is 0 Å². The fourth-order valence-electron chi connectivity index (χ4n) is 10.1. The molecule has 0 saturated heterocycles. The molecule has 0 bridgehead atoms. The minimum atomic E-state index is 0.791. The van der Waals surface area contributed by atoms with Crippen molar-refractivity contribution in [2.24, 2.45) is 0 Å². The Morgan fingerprint density at radius 1 is 0.429 bits per heavy atom. The van der Waals surface area contributed by atoms with Crippen LogP contribution in [0.1, 0.15) is 18.2 Å². The number of benzene rings is 9. The quantitative estimate of drug-likeness (QED) is 0.162. The van der Waals surface area contributed by atoms with Crippen LogP contribution in [0.25, 0.3) is 132 Å². The lowest BCUT2D eigenvalue weighted by Crippen LogP contribution is -1.91. The summed E-state index contributed by atoms with van der Waals surface area (Å²) in [4.78, 5) is 0. The Labute approximate surface area is 323 Å². The molecule has 260 valence electrons. The SMILES string of the molecule is C=Cc1oc2c(-c3cc4cccc5c6c(-c7ccccc7)c7c(cc8c9ccccc9c9cccc7c98)c(-c7ccccc7)c6c(c3)c45)cccc2c1/C=C\C. The molecular formula is C55H34O. The number of hydrogen-bond acceptors (Lipinski definition) is 1. The molecule has 1 aromatic heterocycles. The number of furan rings is 1. The molecule has 0 fully saturated rings. The van der Waals surface area contributed by atoms with E-state index in [0.29, 0.717) is 0 Å². The first-order chi connectivity index (χ1) is 27.7. The van der Waals surface area contributed by atoms with E-state index < -0.39 is 0 Å². The van der Waals surface area contributed by atoms with E-state index in [1.165, 1.54) is 97.7 Å². The van der Waals surface area contributed by atoms with Crippen molar-refractivity contribution in [2.45, 2.75) is 6.92 Å². The highest BCUT2D eigenvalue weighted by molar-refractivity contribution is 6.45. The minimum Gasteiger partial charge on any atom is -0.455 e. The molecule has 1 heterocycles. The smallest absolute Gasteiger partial charge is 0.143 e. The second-order valence-electron chi connectivity index (χ2n) is 15.0. The number of para-hydroxylation sites is 1. The highest BCUT2D eigenvalue weighted by Crippen LogP contribution is 2.55. The first kappa shape index (κ1) is 31.2. The Kier molecular flexibility index (Phi) is 6.48. The third-order valence-electron chi connectivity index (χ3n) is 12.2. The normalized spacial score (nSPS) is 12.4. The van der Waals surface area contributed by atoms with E-state index in [2.05, 4.69) is 176 Å². The first-order valence-electron chi connectivity index (χ1n) is 19.4. The van der Waals surface area contributed by atoms with Gasteiger partial charge in [0.15, 0.2) is 0 Å². The van der Waals surface area contributed by atoms with Gasteiger partial charge in [0, 0.05) is 16.5 Å². The summed E-state index contributed by atoms with van der Waals surface area (Å²) in [5.74, 6) is 0.791. The molecule has 12 aromatic rings. The Bertz CT molecular complexity index is 3580. The van der Waals surface area contributed by atoms with Crippen LogP contribution in [-0.2, 0) is 0 Å². The molecule has 0 N–H and O–H groups in total. The fraction of sp³-hybridized carbons (Fsp3) is 0.0182. The Morgan fingerprint density at radius 3 is 1.79 bits per heavy atom. The van der Waals surface area contributed by atoms with E-state index >= 15 is 0 Å². The summed E-state index contributed by atoms with van der Waals surface area (Å²) in [5.41, 5.74) is 9.16. The second-order valence-corrected chi connectivity index (χ2v) is 15.0. The molecule has 0 unspecified atom stereocenters. The zero-order valence-corrected chi connectivity index (χ0v) is 30.9. The number of allylic oxidation sites excluding steroid dienone is 1. The summed E-state index contributed by atoms with van der Waals surface area (Å²) in [5, 5.41) is 19.2. The van der Waals surface area contributed by atoms with Gasteiger partial charge < -0.3 is 4.42 Å². The van der Waals surface area contributed by atoms with Crippen LogP contribution >= 0.6 is 0 Å². The highest BCUT2D eigenvalue weighted by atomic mass is 16.3. The molecule has 0 radical (unpaired) electrons. The van der Waals surface area contributed by atoms with Crippen LogP contribution < -0.4 is 0 Å². The van der Waals surface area contributed by atoms with Crippen LogP contribution in [0.2, 0.25) is 0 Å². The lowest BCUT2D eigenvalue weighted by atomic mass is 9.83. The summed E-state index contributed by atoms with van der Waals surface area (Å²) in [6.07, 6.45) is 6.00. The molecule has 12 rings (SSSR count). The zero-order chi connectivity index (χ0) is 37.1. The van der Waals surface area contributed by atoms with Crippen molar-refractivity contribution in [2.75, 3.05) is 0 Å². The van der Waals surface area contributed by atoms with Crippen molar-refractivity contribution >= 4 is 98.5 Å². The van der Waals surface area contributed by atoms with Gasteiger partial charge in [-0.1, -0.05) is 158 Å². The van der Waals surface area contributed by atoms with Gasteiger partial charge in [0.25, 0.3) is 0 Å². The largest absolute Gasteiger partial charge is 0.455 e. The van der Waals surface area contributed by atoms with Crippen molar-refractivity contribution in [3.05, 3.63) is 182 Å². The van der Waals surface area contributed by atoms with Crippen LogP contribution in [0.4, 0.5) is 0 Å². The van der Waals surface area contributed by atoms with E-state index in [0.717, 1.165) is 33.4 Å². The maximum absolute atomic E-state index is 6.61. The number of rotatable bonds is 5. The summed E-state index contributed by atoms with van der Waals surface area (Å²) >= 11 is 0.